The molecule has 10 nitrogen and oxygen atoms in total. The van der Waals surface area contributed by atoms with E-state index in [2.05, 4.69) is 25.8 Å². The highest BCUT2D eigenvalue weighted by Gasteiger charge is 2.25. The third-order valence-corrected chi connectivity index (χ3v) is 9.19. The van der Waals surface area contributed by atoms with Crippen LogP contribution in [0.5, 0.6) is 0 Å². The van der Waals surface area contributed by atoms with Gasteiger partial charge < -0.3 is 25.0 Å². The molecule has 0 atom stereocenters. The Morgan fingerprint density at radius 3 is 2.21 bits per heavy atom. The second kappa shape index (κ2) is 18.5. The summed E-state index contributed by atoms with van der Waals surface area (Å²) < 4.78 is 10.8. The van der Waals surface area contributed by atoms with Crippen molar-refractivity contribution in [2.45, 2.75) is 38.3 Å². The van der Waals surface area contributed by atoms with Crippen molar-refractivity contribution in [2.75, 3.05) is 71.4 Å². The summed E-state index contributed by atoms with van der Waals surface area (Å²) in [5.74, 6) is 0.273. The zero-order valence-corrected chi connectivity index (χ0v) is 28.0. The second-order valence-electron chi connectivity index (χ2n) is 12.6. The highest BCUT2D eigenvalue weighted by atomic mass is 16.6. The van der Waals surface area contributed by atoms with Gasteiger partial charge in [-0.15, -0.1) is 0 Å². The van der Waals surface area contributed by atoms with Crippen LogP contribution >= 0.6 is 0 Å². The number of amides is 2. The molecular formula is C38H49N5O5. The van der Waals surface area contributed by atoms with Crippen LogP contribution in [-0.2, 0) is 20.8 Å². The number of nitrogens with one attached hydrogen (secondary N) is 3. The number of methoxy groups -OCH3 is 1. The first-order chi connectivity index (χ1) is 23.5. The number of para-hydroxylation sites is 1. The maximum Gasteiger partial charge on any atom is 0.411 e. The molecule has 5 rings (SSSR count). The monoisotopic (exact) mass is 655 g/mol. The predicted octanol–water partition coefficient (Wildman–Crippen LogP) is 4.81. The summed E-state index contributed by atoms with van der Waals surface area (Å²) in [4.78, 5) is 42.5. The Morgan fingerprint density at radius 1 is 0.792 bits per heavy atom. The van der Waals surface area contributed by atoms with Crippen LogP contribution in [0.25, 0.3) is 11.1 Å². The molecule has 256 valence electrons. The smallest absolute Gasteiger partial charge is 0.411 e. The molecule has 2 amide bonds. The van der Waals surface area contributed by atoms with E-state index in [0.29, 0.717) is 31.8 Å². The van der Waals surface area contributed by atoms with E-state index in [0.717, 1.165) is 81.8 Å². The summed E-state index contributed by atoms with van der Waals surface area (Å²) in [7, 11) is 1.63. The number of hydrogen-bond acceptors (Lipinski definition) is 8. The first-order valence-electron chi connectivity index (χ1n) is 17.1. The minimum absolute atomic E-state index is 0.0690. The van der Waals surface area contributed by atoms with Gasteiger partial charge in [0, 0.05) is 63.4 Å². The van der Waals surface area contributed by atoms with Crippen LogP contribution in [0.15, 0.2) is 78.9 Å². The van der Waals surface area contributed by atoms with Crippen molar-refractivity contribution in [3.63, 3.8) is 0 Å². The molecule has 2 heterocycles. The average Bonchev–Trinajstić information content (AvgIpc) is 3.12. The largest absolute Gasteiger partial charge is 0.446 e. The third-order valence-electron chi connectivity index (χ3n) is 9.19. The Kier molecular flexibility index (Phi) is 13.5. The standard InChI is InChI=1S/C38H49N5O5/c1-47-26-20-40-37(45)32-15-21-43(22-16-32)28-29-11-13-31(14-12-29)36(44)27-39-19-25-42-23-17-33(18-24-42)48-38(46)41-35-10-6-5-9-34(35)30-7-3-2-4-8-30/h2-14,32-33,39H,15-28H2,1H3,(H,40,45)(H,41,46). The zero-order valence-electron chi connectivity index (χ0n) is 28.0. The lowest BCUT2D eigenvalue weighted by Gasteiger charge is -2.31. The van der Waals surface area contributed by atoms with E-state index < -0.39 is 6.09 Å². The first-order valence-corrected chi connectivity index (χ1v) is 17.1. The molecule has 3 aromatic carbocycles. The van der Waals surface area contributed by atoms with Crippen LogP contribution in [-0.4, -0.2) is 99.8 Å². The summed E-state index contributed by atoms with van der Waals surface area (Å²) in [6.45, 7) is 7.21. The van der Waals surface area contributed by atoms with Crippen molar-refractivity contribution < 1.29 is 23.9 Å². The fourth-order valence-electron chi connectivity index (χ4n) is 6.37. The van der Waals surface area contributed by atoms with Gasteiger partial charge in [-0.05, 0) is 56.0 Å². The van der Waals surface area contributed by atoms with Gasteiger partial charge in [-0.1, -0.05) is 72.8 Å². The zero-order chi connectivity index (χ0) is 33.6. The molecule has 2 aliphatic rings. The van der Waals surface area contributed by atoms with Crippen molar-refractivity contribution in [1.82, 2.24) is 20.4 Å². The van der Waals surface area contributed by atoms with Crippen LogP contribution in [0.4, 0.5) is 10.5 Å². The molecule has 2 saturated heterocycles. The molecule has 0 aliphatic carbocycles. The molecule has 3 N–H and O–H groups in total. The molecule has 0 bridgehead atoms. The normalized spacial score (nSPS) is 16.4. The molecule has 10 heteroatoms. The molecule has 48 heavy (non-hydrogen) atoms. The van der Waals surface area contributed by atoms with Crippen LogP contribution in [0.1, 0.15) is 41.6 Å². The van der Waals surface area contributed by atoms with E-state index in [4.69, 9.17) is 9.47 Å². The van der Waals surface area contributed by atoms with Gasteiger partial charge >= 0.3 is 6.09 Å². The van der Waals surface area contributed by atoms with E-state index in [1.165, 1.54) is 5.56 Å². The van der Waals surface area contributed by atoms with Gasteiger partial charge in [0.15, 0.2) is 5.78 Å². The van der Waals surface area contributed by atoms with Crippen LogP contribution < -0.4 is 16.0 Å². The summed E-state index contributed by atoms with van der Waals surface area (Å²) in [5, 5.41) is 9.18. The number of nitrogens with zero attached hydrogens (tertiary/aromatic N) is 2. The molecule has 2 fully saturated rings. The van der Waals surface area contributed by atoms with Crippen LogP contribution in [0.3, 0.4) is 0 Å². The molecular weight excluding hydrogens is 606 g/mol. The number of rotatable bonds is 15. The van der Waals surface area contributed by atoms with Crippen molar-refractivity contribution in [3.8, 4) is 11.1 Å². The fourth-order valence-corrected chi connectivity index (χ4v) is 6.37. The summed E-state index contributed by atoms with van der Waals surface area (Å²) in [5.41, 5.74) is 4.61. The topological polar surface area (TPSA) is 112 Å². The Bertz CT molecular complexity index is 1450. The highest BCUT2D eigenvalue weighted by Crippen LogP contribution is 2.28. The lowest BCUT2D eigenvalue weighted by Crippen LogP contribution is -2.42. The average molecular weight is 656 g/mol. The predicted molar refractivity (Wildman–Crippen MR) is 188 cm³/mol. The second-order valence-corrected chi connectivity index (χ2v) is 12.6. The number of piperidine rings is 2. The molecule has 3 aromatic rings. The van der Waals surface area contributed by atoms with Crippen LogP contribution in [0.2, 0.25) is 0 Å². The number of ketones is 1. The number of carbonyl (C=O) groups excluding carboxylic acids is 3. The first kappa shape index (κ1) is 35.2. The van der Waals surface area contributed by atoms with Crippen molar-refractivity contribution >= 4 is 23.5 Å². The van der Waals surface area contributed by atoms with Gasteiger partial charge in [-0.2, -0.15) is 0 Å². The summed E-state index contributed by atoms with van der Waals surface area (Å²) >= 11 is 0. The van der Waals surface area contributed by atoms with E-state index in [1.54, 1.807) is 7.11 Å². The Morgan fingerprint density at radius 2 is 1.48 bits per heavy atom. The molecule has 0 aromatic heterocycles. The Balaban J connectivity index is 0.941. The summed E-state index contributed by atoms with van der Waals surface area (Å²) in [6, 6.07) is 25.6. The number of Topliss-reactive ketones (excluding diaryl/α,β-unsaturated/α-hetero) is 1. The number of anilines is 1. The van der Waals surface area contributed by atoms with E-state index in [9.17, 15) is 14.4 Å². The molecule has 0 radical (unpaired) electrons. The Hall–Kier alpha value is -4.09. The van der Waals surface area contributed by atoms with Gasteiger partial charge in [-0.3, -0.25) is 19.8 Å². The van der Waals surface area contributed by atoms with Gasteiger partial charge in [0.2, 0.25) is 5.91 Å². The van der Waals surface area contributed by atoms with E-state index in [1.807, 2.05) is 78.9 Å². The van der Waals surface area contributed by atoms with Gasteiger partial charge in [-0.25, -0.2) is 4.79 Å². The van der Waals surface area contributed by atoms with Gasteiger partial charge in [0.05, 0.1) is 18.8 Å². The Labute approximate surface area is 284 Å². The fraction of sp³-hybridized carbons (Fsp3) is 0.447. The number of ether oxygens (including phenoxy) is 2. The maximum absolute atomic E-state index is 12.8. The lowest BCUT2D eigenvalue weighted by molar-refractivity contribution is -0.126. The number of carbonyl (C=O) groups is 3. The SMILES string of the molecule is COCCNC(=O)C1CCN(Cc2ccc(C(=O)CNCCN3CCC(OC(=O)Nc4ccccc4-c4ccccc4)CC3)cc2)CC1. The number of hydrogen-bond donors (Lipinski definition) is 3. The summed E-state index contributed by atoms with van der Waals surface area (Å²) in [6.07, 6.45) is 2.73. The molecule has 2 aliphatic heterocycles. The lowest BCUT2D eigenvalue weighted by atomic mass is 9.95. The van der Waals surface area contributed by atoms with Crippen molar-refractivity contribution in [1.29, 1.82) is 0 Å². The highest BCUT2D eigenvalue weighted by molar-refractivity contribution is 5.97. The third kappa shape index (κ3) is 10.7. The molecule has 0 unspecified atom stereocenters. The van der Waals surface area contributed by atoms with Gasteiger partial charge in [0.25, 0.3) is 0 Å². The van der Waals surface area contributed by atoms with Gasteiger partial charge in [0.1, 0.15) is 6.10 Å². The number of likely N-dealkylation sites (tertiary alicyclic amines) is 2. The molecule has 0 spiro atoms. The molecule has 0 saturated carbocycles. The van der Waals surface area contributed by atoms with Crippen molar-refractivity contribution in [2.24, 2.45) is 5.92 Å². The van der Waals surface area contributed by atoms with E-state index >= 15 is 0 Å². The maximum atomic E-state index is 12.8. The minimum Gasteiger partial charge on any atom is -0.446 e. The van der Waals surface area contributed by atoms with E-state index in [-0.39, 0.29) is 23.7 Å². The number of benzene rings is 3. The minimum atomic E-state index is -0.426. The van der Waals surface area contributed by atoms with Crippen LogP contribution in [0, 0.1) is 5.92 Å². The van der Waals surface area contributed by atoms with Crippen molar-refractivity contribution in [3.05, 3.63) is 90.0 Å². The quantitative estimate of drug-likeness (QED) is 0.158.